The summed E-state index contributed by atoms with van der Waals surface area (Å²) in [7, 11) is -8.77. The lowest BCUT2D eigenvalue weighted by atomic mass is 9.93. The van der Waals surface area contributed by atoms with Gasteiger partial charge in [0.15, 0.2) is 0 Å². The largest absolute Gasteiger partial charge is 0.478 e. The monoisotopic (exact) mass is 510 g/mol. The van der Waals surface area contributed by atoms with Gasteiger partial charge in [0.2, 0.25) is 0 Å². The molecule has 4 aromatic carbocycles. The summed E-state index contributed by atoms with van der Waals surface area (Å²) in [6.45, 7) is 0. The van der Waals surface area contributed by atoms with E-state index in [0.29, 0.717) is 11.1 Å². The maximum atomic E-state index is 11.5. The second kappa shape index (κ2) is 9.36. The first-order valence-corrected chi connectivity index (χ1v) is 13.5. The molecule has 178 valence electrons. The van der Waals surface area contributed by atoms with E-state index < -0.39 is 21.2 Å². The molecule has 4 rings (SSSR count). The zero-order valence-electron chi connectivity index (χ0n) is 18.0. The van der Waals surface area contributed by atoms with Gasteiger partial charge in [-0.2, -0.15) is 0 Å². The molecule has 35 heavy (non-hydrogen) atoms. The van der Waals surface area contributed by atoms with Crippen molar-refractivity contribution in [3.05, 3.63) is 96.6 Å². The van der Waals surface area contributed by atoms with Crippen LogP contribution in [0.4, 0.5) is 0 Å². The fourth-order valence-corrected chi connectivity index (χ4v) is 4.70. The molecular formula is C25H20O8P2. The lowest BCUT2D eigenvalue weighted by molar-refractivity contribution is 0.0697. The van der Waals surface area contributed by atoms with E-state index in [0.717, 1.165) is 22.3 Å². The highest BCUT2D eigenvalue weighted by Crippen LogP contribution is 2.37. The van der Waals surface area contributed by atoms with Crippen LogP contribution in [0.5, 0.6) is 0 Å². The maximum Gasteiger partial charge on any atom is 0.356 e. The molecule has 0 spiro atoms. The molecule has 8 nitrogen and oxygen atoms in total. The highest BCUT2D eigenvalue weighted by Gasteiger charge is 2.18. The third-order valence-electron chi connectivity index (χ3n) is 5.47. The summed E-state index contributed by atoms with van der Waals surface area (Å²) in [6, 6.07) is 23.8. The van der Waals surface area contributed by atoms with Gasteiger partial charge in [-0.1, -0.05) is 36.4 Å². The van der Waals surface area contributed by atoms with E-state index in [2.05, 4.69) is 0 Å². The van der Waals surface area contributed by atoms with E-state index in [9.17, 15) is 38.6 Å². The minimum atomic E-state index is -4.39. The lowest BCUT2D eigenvalue weighted by Crippen LogP contribution is -2.02. The summed E-state index contributed by atoms with van der Waals surface area (Å²) in [4.78, 5) is 48.8. The molecule has 0 saturated heterocycles. The fourth-order valence-electron chi connectivity index (χ4n) is 3.63. The van der Waals surface area contributed by atoms with E-state index >= 15 is 0 Å². The minimum absolute atomic E-state index is 0.102. The van der Waals surface area contributed by atoms with Crippen LogP contribution in [0.1, 0.15) is 10.4 Å². The highest BCUT2D eigenvalue weighted by molar-refractivity contribution is 7.60. The Morgan fingerprint density at radius 2 is 0.771 bits per heavy atom. The van der Waals surface area contributed by atoms with E-state index in [1.807, 2.05) is 18.2 Å². The molecular weight excluding hydrogens is 490 g/mol. The van der Waals surface area contributed by atoms with Gasteiger partial charge in [-0.3, -0.25) is 9.13 Å². The van der Waals surface area contributed by atoms with Crippen molar-refractivity contribution in [2.24, 2.45) is 0 Å². The van der Waals surface area contributed by atoms with Gasteiger partial charge in [0.25, 0.3) is 0 Å². The molecule has 0 aliphatic carbocycles. The van der Waals surface area contributed by atoms with Crippen molar-refractivity contribution in [3.63, 3.8) is 0 Å². The first kappa shape index (κ1) is 24.8. The molecule has 0 fully saturated rings. The maximum absolute atomic E-state index is 11.5. The average molecular weight is 510 g/mol. The normalized spacial score (nSPS) is 11.9. The third kappa shape index (κ3) is 5.66. The van der Waals surface area contributed by atoms with Gasteiger partial charge < -0.3 is 24.7 Å². The summed E-state index contributed by atoms with van der Waals surface area (Å²) in [5.74, 6) is -1.04. The summed E-state index contributed by atoms with van der Waals surface area (Å²) in [6.07, 6.45) is 0. The van der Waals surface area contributed by atoms with Crippen LogP contribution in [0, 0.1) is 0 Å². The number of carbonyl (C=O) groups is 1. The van der Waals surface area contributed by atoms with Crippen molar-refractivity contribution in [1.29, 1.82) is 0 Å². The number of benzene rings is 4. The summed E-state index contributed by atoms with van der Waals surface area (Å²) < 4.78 is 23.1. The Labute approximate surface area is 200 Å². The van der Waals surface area contributed by atoms with Crippen molar-refractivity contribution >= 4 is 31.8 Å². The number of hydrogen-bond donors (Lipinski definition) is 5. The molecule has 0 heterocycles. The summed E-state index contributed by atoms with van der Waals surface area (Å²) >= 11 is 0. The third-order valence-corrected chi connectivity index (χ3v) is 7.41. The first-order valence-electron chi connectivity index (χ1n) is 10.2. The molecule has 0 radical (unpaired) electrons. The number of carboxylic acids is 1. The van der Waals surface area contributed by atoms with Crippen LogP contribution in [0.15, 0.2) is 91.0 Å². The Balaban J connectivity index is 1.84. The fraction of sp³-hybridized carbons (Fsp3) is 0. The number of hydrogen-bond acceptors (Lipinski definition) is 3. The zero-order valence-corrected chi connectivity index (χ0v) is 19.8. The van der Waals surface area contributed by atoms with Gasteiger partial charge in [-0.15, -0.1) is 0 Å². The molecule has 0 unspecified atom stereocenters. The molecule has 0 amide bonds. The molecule has 0 aromatic heterocycles. The second-order valence-electron chi connectivity index (χ2n) is 7.86. The topological polar surface area (TPSA) is 152 Å². The van der Waals surface area contributed by atoms with E-state index in [-0.39, 0.29) is 16.2 Å². The molecule has 0 atom stereocenters. The van der Waals surface area contributed by atoms with Crippen LogP contribution in [-0.4, -0.2) is 30.6 Å². The summed E-state index contributed by atoms with van der Waals surface area (Å²) in [5, 5.41) is 8.98. The van der Waals surface area contributed by atoms with Crippen LogP contribution in [-0.2, 0) is 9.13 Å². The lowest BCUT2D eigenvalue weighted by Gasteiger charge is -2.13. The van der Waals surface area contributed by atoms with Crippen molar-refractivity contribution in [2.45, 2.75) is 0 Å². The molecule has 0 saturated carbocycles. The Bertz CT molecular complexity index is 1400. The number of rotatable bonds is 6. The van der Waals surface area contributed by atoms with Gasteiger partial charge in [-0.25, -0.2) is 4.79 Å². The van der Waals surface area contributed by atoms with Crippen molar-refractivity contribution < 1.29 is 38.6 Å². The Kier molecular flexibility index (Phi) is 6.62. The van der Waals surface area contributed by atoms with Crippen molar-refractivity contribution in [1.82, 2.24) is 0 Å². The predicted molar refractivity (Wildman–Crippen MR) is 133 cm³/mol. The van der Waals surface area contributed by atoms with Crippen LogP contribution in [0.25, 0.3) is 33.4 Å². The van der Waals surface area contributed by atoms with Crippen LogP contribution in [0.2, 0.25) is 0 Å². The summed E-state index contributed by atoms with van der Waals surface area (Å²) in [5.41, 5.74) is 4.50. The van der Waals surface area contributed by atoms with E-state index in [1.165, 1.54) is 36.4 Å². The number of aromatic carboxylic acids is 1. The van der Waals surface area contributed by atoms with Gasteiger partial charge in [0, 0.05) is 0 Å². The Morgan fingerprint density at radius 3 is 1.03 bits per heavy atom. The molecule has 0 bridgehead atoms. The predicted octanol–water partition coefficient (Wildman–Crippen LogP) is 3.99. The standard InChI is InChI=1S/C25H20O8P2/c26-25(27)19-3-1-16(2-4-19)20-13-21(17-5-9-23(10-6-17)34(28,29)30)15-22(14-20)18-7-11-24(12-8-18)35(31,32)33/h1-15H,(H,26,27)(H2,28,29,30)(H2,31,32,33). The molecule has 5 N–H and O–H groups in total. The quantitative estimate of drug-likeness (QED) is 0.244. The van der Waals surface area contributed by atoms with E-state index in [1.54, 1.807) is 36.4 Å². The van der Waals surface area contributed by atoms with Crippen LogP contribution >= 0.6 is 15.2 Å². The van der Waals surface area contributed by atoms with Gasteiger partial charge in [0.1, 0.15) is 0 Å². The van der Waals surface area contributed by atoms with Crippen LogP contribution < -0.4 is 10.6 Å². The van der Waals surface area contributed by atoms with Crippen molar-refractivity contribution in [2.75, 3.05) is 0 Å². The van der Waals surface area contributed by atoms with Crippen LogP contribution in [0.3, 0.4) is 0 Å². The number of carboxylic acid groups (broad SMARTS) is 1. The molecule has 4 aromatic rings. The SMILES string of the molecule is O=C(O)c1ccc(-c2cc(-c3ccc(P(=O)(O)O)cc3)cc(-c3ccc(P(=O)(O)O)cc3)c2)cc1. The highest BCUT2D eigenvalue weighted by atomic mass is 31.2. The smallest absolute Gasteiger partial charge is 0.356 e. The van der Waals surface area contributed by atoms with Gasteiger partial charge >= 0.3 is 21.2 Å². The average Bonchev–Trinajstić information content (AvgIpc) is 2.83. The van der Waals surface area contributed by atoms with Gasteiger partial charge in [0.05, 0.1) is 16.2 Å². The molecule has 0 aliphatic heterocycles. The van der Waals surface area contributed by atoms with Crippen molar-refractivity contribution in [3.8, 4) is 33.4 Å². The van der Waals surface area contributed by atoms with E-state index in [4.69, 9.17) is 0 Å². The minimum Gasteiger partial charge on any atom is -0.478 e. The first-order chi connectivity index (χ1) is 16.4. The molecule has 0 aliphatic rings. The zero-order chi connectivity index (χ0) is 25.4. The Hall–Kier alpha value is -3.35. The van der Waals surface area contributed by atoms with Gasteiger partial charge in [-0.05, 0) is 88.0 Å². The molecule has 10 heteroatoms. The second-order valence-corrected chi connectivity index (χ2v) is 11.1. The Morgan fingerprint density at radius 1 is 0.486 bits per heavy atom.